The molecule has 2 heterocycles. The van der Waals surface area contributed by atoms with E-state index in [4.69, 9.17) is 10.5 Å². The number of pyridine rings is 1. The third-order valence-corrected chi connectivity index (χ3v) is 6.21. The van der Waals surface area contributed by atoms with Gasteiger partial charge >= 0.3 is 5.92 Å². The number of nitrogens with one attached hydrogen (secondary N) is 1. The number of nitrogen functional groups attached to an aromatic ring is 1. The normalized spacial score (nSPS) is 25.0. The predicted molar refractivity (Wildman–Crippen MR) is 101 cm³/mol. The smallest absolute Gasteiger partial charge is 0.301 e. The van der Waals surface area contributed by atoms with Gasteiger partial charge in [-0.25, -0.2) is 22.0 Å². The SMILES string of the molecule is Nc1cc2c3c(c(=O)n(CC4CC(F)(F)C4)c2cc1F)OCC(F)(F)[C@H](C1CC1)N3. The van der Waals surface area contributed by atoms with E-state index in [9.17, 15) is 26.7 Å². The van der Waals surface area contributed by atoms with Crippen LogP contribution < -0.4 is 21.3 Å². The molecule has 3 N–H and O–H groups in total. The number of hydrogen-bond donors (Lipinski definition) is 2. The van der Waals surface area contributed by atoms with Crippen LogP contribution in [-0.4, -0.2) is 29.1 Å². The molecular weight excluding hydrogens is 409 g/mol. The number of halogens is 5. The van der Waals surface area contributed by atoms with Crippen molar-refractivity contribution in [2.45, 2.75) is 50.1 Å². The standard InChI is InChI=1S/C20H20F5N3O2/c21-12-4-14-11(3-13(12)26)15-16(18(29)28(14)7-9-5-19(22,23)6-9)30-8-20(24,25)17(27-15)10-1-2-10/h3-4,9-10,17,27H,1-2,5-8,26H2/t17-/m0/s1. The maximum atomic E-state index is 14.7. The first kappa shape index (κ1) is 19.4. The van der Waals surface area contributed by atoms with Crippen molar-refractivity contribution in [2.24, 2.45) is 11.8 Å². The molecule has 1 aromatic heterocycles. The highest BCUT2D eigenvalue weighted by Gasteiger charge is 2.51. The Morgan fingerprint density at radius 2 is 1.90 bits per heavy atom. The van der Waals surface area contributed by atoms with E-state index in [-0.39, 0.29) is 40.5 Å². The molecule has 1 aromatic carbocycles. The molecule has 0 spiro atoms. The van der Waals surface area contributed by atoms with Crippen molar-refractivity contribution in [1.82, 2.24) is 4.57 Å². The summed E-state index contributed by atoms with van der Waals surface area (Å²) in [6, 6.07) is 1.08. The summed E-state index contributed by atoms with van der Waals surface area (Å²) in [6.07, 6.45) is 0.474. The van der Waals surface area contributed by atoms with Crippen LogP contribution in [0.1, 0.15) is 25.7 Å². The van der Waals surface area contributed by atoms with Gasteiger partial charge in [0, 0.05) is 30.8 Å². The quantitative estimate of drug-likeness (QED) is 0.572. The number of hydrogen-bond acceptors (Lipinski definition) is 4. The Labute approximate surface area is 168 Å². The van der Waals surface area contributed by atoms with Crippen LogP contribution in [0.5, 0.6) is 5.75 Å². The average Bonchev–Trinajstić information content (AvgIpc) is 3.46. The van der Waals surface area contributed by atoms with Gasteiger partial charge < -0.3 is 20.4 Å². The summed E-state index contributed by atoms with van der Waals surface area (Å²) in [5, 5.41) is 3.03. The third kappa shape index (κ3) is 3.07. The van der Waals surface area contributed by atoms with Gasteiger partial charge in [0.25, 0.3) is 5.56 Å². The molecule has 162 valence electrons. The molecule has 10 heteroatoms. The van der Waals surface area contributed by atoms with Crippen LogP contribution >= 0.6 is 0 Å². The van der Waals surface area contributed by atoms with Crippen molar-refractivity contribution in [2.75, 3.05) is 17.7 Å². The molecule has 2 saturated carbocycles. The summed E-state index contributed by atoms with van der Waals surface area (Å²) < 4.78 is 76.5. The molecule has 2 fully saturated rings. The number of nitrogens with zero attached hydrogens (tertiary/aromatic N) is 1. The number of rotatable bonds is 3. The van der Waals surface area contributed by atoms with E-state index < -0.39 is 54.6 Å². The van der Waals surface area contributed by atoms with Crippen LogP contribution in [0.15, 0.2) is 16.9 Å². The minimum atomic E-state index is -3.22. The second-order valence-electron chi connectivity index (χ2n) is 8.65. The lowest BCUT2D eigenvalue weighted by Crippen LogP contribution is -2.44. The average molecular weight is 429 g/mol. The lowest BCUT2D eigenvalue weighted by atomic mass is 9.81. The molecule has 0 radical (unpaired) electrons. The summed E-state index contributed by atoms with van der Waals surface area (Å²) in [4.78, 5) is 13.1. The molecule has 2 aromatic rings. The number of anilines is 2. The van der Waals surface area contributed by atoms with E-state index in [2.05, 4.69) is 5.32 Å². The zero-order chi connectivity index (χ0) is 21.4. The maximum absolute atomic E-state index is 14.7. The Kier molecular flexibility index (Phi) is 4.05. The molecule has 1 aliphatic heterocycles. The highest BCUT2D eigenvalue weighted by Crippen LogP contribution is 2.47. The number of aromatic nitrogens is 1. The lowest BCUT2D eigenvalue weighted by Gasteiger charge is -2.35. The topological polar surface area (TPSA) is 69.3 Å². The molecular formula is C20H20F5N3O2. The number of nitrogens with two attached hydrogens (primary N) is 1. The van der Waals surface area contributed by atoms with Gasteiger partial charge in [0.05, 0.1) is 22.9 Å². The van der Waals surface area contributed by atoms with Crippen molar-refractivity contribution in [3.05, 3.63) is 28.3 Å². The molecule has 3 aliphatic rings. The second kappa shape index (κ2) is 6.24. The molecule has 1 atom stereocenters. The zero-order valence-corrected chi connectivity index (χ0v) is 15.9. The minimum Gasteiger partial charge on any atom is -0.480 e. The predicted octanol–water partition coefficient (Wildman–Crippen LogP) is 3.99. The van der Waals surface area contributed by atoms with Crippen molar-refractivity contribution in [3.63, 3.8) is 0 Å². The highest BCUT2D eigenvalue weighted by atomic mass is 19.3. The fourth-order valence-corrected chi connectivity index (χ4v) is 4.51. The monoisotopic (exact) mass is 429 g/mol. The van der Waals surface area contributed by atoms with Gasteiger partial charge in [-0.2, -0.15) is 0 Å². The molecule has 5 nitrogen and oxygen atoms in total. The second-order valence-corrected chi connectivity index (χ2v) is 8.65. The summed E-state index contributed by atoms with van der Waals surface area (Å²) in [5.74, 6) is -7.86. The summed E-state index contributed by atoms with van der Waals surface area (Å²) >= 11 is 0. The van der Waals surface area contributed by atoms with Gasteiger partial charge in [-0.1, -0.05) is 0 Å². The van der Waals surface area contributed by atoms with Crippen LogP contribution in [-0.2, 0) is 6.54 Å². The highest BCUT2D eigenvalue weighted by molar-refractivity contribution is 5.97. The first-order valence-corrected chi connectivity index (χ1v) is 9.86. The van der Waals surface area contributed by atoms with Crippen LogP contribution in [0, 0.1) is 17.7 Å². The van der Waals surface area contributed by atoms with E-state index in [0.717, 1.165) is 10.6 Å². The summed E-state index contributed by atoms with van der Waals surface area (Å²) in [5.41, 5.74) is 4.89. The van der Waals surface area contributed by atoms with Crippen LogP contribution in [0.4, 0.5) is 33.3 Å². The molecule has 5 rings (SSSR count). The maximum Gasteiger partial charge on any atom is 0.301 e. The Morgan fingerprint density at radius 3 is 2.53 bits per heavy atom. The molecule has 30 heavy (non-hydrogen) atoms. The van der Waals surface area contributed by atoms with Gasteiger partial charge in [-0.05, 0) is 30.7 Å². The van der Waals surface area contributed by atoms with Crippen molar-refractivity contribution in [3.8, 4) is 5.75 Å². The molecule has 2 aliphatic carbocycles. The number of ether oxygens (including phenoxy) is 1. The number of benzene rings is 1. The first-order valence-electron chi connectivity index (χ1n) is 9.86. The van der Waals surface area contributed by atoms with Crippen molar-refractivity contribution < 1.29 is 26.7 Å². The Hall–Kier alpha value is -2.52. The Balaban J connectivity index is 1.67. The van der Waals surface area contributed by atoms with Crippen LogP contribution in [0.25, 0.3) is 10.9 Å². The minimum absolute atomic E-state index is 0.0472. The van der Waals surface area contributed by atoms with Gasteiger partial charge in [0.15, 0.2) is 6.61 Å². The zero-order valence-electron chi connectivity index (χ0n) is 15.9. The van der Waals surface area contributed by atoms with E-state index in [1.54, 1.807) is 0 Å². The first-order chi connectivity index (χ1) is 14.1. The van der Waals surface area contributed by atoms with E-state index in [1.807, 2.05) is 0 Å². The summed E-state index contributed by atoms with van der Waals surface area (Å²) in [6.45, 7) is -1.07. The van der Waals surface area contributed by atoms with Gasteiger partial charge in [-0.3, -0.25) is 4.79 Å². The molecule has 0 bridgehead atoms. The van der Waals surface area contributed by atoms with Crippen molar-refractivity contribution in [1.29, 1.82) is 0 Å². The fraction of sp³-hybridized carbons (Fsp3) is 0.550. The van der Waals surface area contributed by atoms with Crippen LogP contribution in [0.3, 0.4) is 0 Å². The molecule has 0 unspecified atom stereocenters. The van der Waals surface area contributed by atoms with E-state index in [0.29, 0.717) is 12.8 Å². The Bertz CT molecular complexity index is 1090. The van der Waals surface area contributed by atoms with Gasteiger partial charge in [-0.15, -0.1) is 0 Å². The third-order valence-electron chi connectivity index (χ3n) is 6.21. The van der Waals surface area contributed by atoms with Gasteiger partial charge in [0.1, 0.15) is 5.82 Å². The van der Waals surface area contributed by atoms with E-state index in [1.165, 1.54) is 6.07 Å². The summed E-state index contributed by atoms with van der Waals surface area (Å²) in [7, 11) is 0. The van der Waals surface area contributed by atoms with Gasteiger partial charge in [0.2, 0.25) is 11.7 Å². The van der Waals surface area contributed by atoms with Crippen LogP contribution in [0.2, 0.25) is 0 Å². The number of alkyl halides is 4. The Morgan fingerprint density at radius 1 is 1.20 bits per heavy atom. The lowest BCUT2D eigenvalue weighted by molar-refractivity contribution is -0.114. The van der Waals surface area contributed by atoms with E-state index >= 15 is 0 Å². The fourth-order valence-electron chi connectivity index (χ4n) is 4.51. The molecule has 0 saturated heterocycles. The molecule has 0 amide bonds. The largest absolute Gasteiger partial charge is 0.480 e. The van der Waals surface area contributed by atoms with Crippen molar-refractivity contribution >= 4 is 22.3 Å². The number of fused-ring (bicyclic) bond motifs is 3.